The number of hydrogen-bond donors (Lipinski definition) is 1. The molecule has 130 valence electrons. The van der Waals surface area contributed by atoms with Crippen LogP contribution in [-0.2, 0) is 9.59 Å². The van der Waals surface area contributed by atoms with Crippen LogP contribution < -0.4 is 0 Å². The van der Waals surface area contributed by atoms with Crippen molar-refractivity contribution >= 4 is 11.9 Å². The highest BCUT2D eigenvalue weighted by Crippen LogP contribution is 2.16. The van der Waals surface area contributed by atoms with Gasteiger partial charge in [-0.15, -0.1) is 0 Å². The molecule has 0 aromatic carbocycles. The van der Waals surface area contributed by atoms with E-state index in [1.54, 1.807) is 7.05 Å². The molecule has 1 atom stereocenters. The Balaban J connectivity index is 3.89. The minimum Gasteiger partial charge on any atom is -0.477 e. The third-order valence-electron chi connectivity index (χ3n) is 4.67. The Morgan fingerprint density at radius 1 is 0.909 bits per heavy atom. The van der Waals surface area contributed by atoms with Crippen LogP contribution in [0.3, 0.4) is 0 Å². The number of hydrogen-bond acceptors (Lipinski definition) is 2. The van der Waals surface area contributed by atoms with Crippen molar-refractivity contribution in [1.82, 2.24) is 0 Å². The Bertz CT molecular complexity index is 328. The van der Waals surface area contributed by atoms with Crippen molar-refractivity contribution in [2.24, 2.45) is 0 Å². The summed E-state index contributed by atoms with van der Waals surface area (Å²) < 4.78 is 0.00630. The molecule has 1 amide bonds. The first-order valence-corrected chi connectivity index (χ1v) is 8.95. The van der Waals surface area contributed by atoms with Gasteiger partial charge in [-0.2, -0.15) is 0 Å². The summed E-state index contributed by atoms with van der Waals surface area (Å²) in [6.45, 7) is 5.94. The minimum atomic E-state index is -0.906. The predicted molar refractivity (Wildman–Crippen MR) is 90.7 cm³/mol. The summed E-state index contributed by atoms with van der Waals surface area (Å²) in [7, 11) is 1.74. The molecular formula is C18H36NO3+. The molecule has 0 aliphatic heterocycles. The molecule has 0 aliphatic carbocycles. The number of rotatable bonds is 13. The zero-order valence-corrected chi connectivity index (χ0v) is 15.1. The Hall–Kier alpha value is -0.900. The maximum absolute atomic E-state index is 12.4. The normalized spacial score (nSPS) is 14.0. The summed E-state index contributed by atoms with van der Waals surface area (Å²) in [6, 6.07) is 0.00201. The molecule has 0 aliphatic rings. The van der Waals surface area contributed by atoms with E-state index in [4.69, 9.17) is 5.11 Å². The van der Waals surface area contributed by atoms with Crippen LogP contribution in [0.5, 0.6) is 0 Å². The lowest BCUT2D eigenvalue weighted by Gasteiger charge is -2.34. The molecule has 1 unspecified atom stereocenters. The second-order valence-corrected chi connectivity index (χ2v) is 6.89. The fourth-order valence-electron chi connectivity index (χ4n) is 2.68. The summed E-state index contributed by atoms with van der Waals surface area (Å²) in [5.74, 6) is -0.850. The van der Waals surface area contributed by atoms with E-state index in [2.05, 4.69) is 6.92 Å². The van der Waals surface area contributed by atoms with Gasteiger partial charge in [-0.1, -0.05) is 58.3 Å². The topological polar surface area (TPSA) is 54.4 Å². The Kier molecular flexibility index (Phi) is 11.2. The van der Waals surface area contributed by atoms with Crippen LogP contribution in [0, 0.1) is 0 Å². The first-order valence-electron chi connectivity index (χ1n) is 8.95. The SMILES string of the molecule is CCCCCCCCCCCC(=O)[N+](C)(CC(=O)O)C(C)C. The molecule has 0 bridgehead atoms. The molecule has 0 saturated heterocycles. The maximum atomic E-state index is 12.4. The van der Waals surface area contributed by atoms with Crippen LogP contribution in [0.1, 0.15) is 85.0 Å². The van der Waals surface area contributed by atoms with E-state index in [0.29, 0.717) is 6.42 Å². The molecule has 0 saturated carbocycles. The largest absolute Gasteiger partial charge is 0.477 e. The lowest BCUT2D eigenvalue weighted by Crippen LogP contribution is -2.56. The molecular weight excluding hydrogens is 278 g/mol. The summed E-state index contributed by atoms with van der Waals surface area (Å²) in [5, 5.41) is 9.01. The average Bonchev–Trinajstić information content (AvgIpc) is 2.44. The summed E-state index contributed by atoms with van der Waals surface area (Å²) in [5.41, 5.74) is 0. The van der Waals surface area contributed by atoms with E-state index in [9.17, 15) is 9.59 Å². The number of quaternary nitrogens is 1. The van der Waals surface area contributed by atoms with Gasteiger partial charge in [-0.3, -0.25) is 4.48 Å². The number of amides is 1. The van der Waals surface area contributed by atoms with Crippen molar-refractivity contribution in [3.63, 3.8) is 0 Å². The lowest BCUT2D eigenvalue weighted by molar-refractivity contribution is -0.849. The fraction of sp³-hybridized carbons (Fsp3) is 0.889. The van der Waals surface area contributed by atoms with Crippen molar-refractivity contribution in [1.29, 1.82) is 0 Å². The third kappa shape index (κ3) is 8.52. The van der Waals surface area contributed by atoms with Gasteiger partial charge in [0.1, 0.15) is 0 Å². The molecule has 0 radical (unpaired) electrons. The Morgan fingerprint density at radius 3 is 1.77 bits per heavy atom. The molecule has 0 aromatic rings. The Morgan fingerprint density at radius 2 is 1.36 bits per heavy atom. The Labute approximate surface area is 136 Å². The highest BCUT2D eigenvalue weighted by Gasteiger charge is 2.36. The smallest absolute Gasteiger partial charge is 0.359 e. The summed E-state index contributed by atoms with van der Waals surface area (Å²) in [6.07, 6.45) is 11.5. The third-order valence-corrected chi connectivity index (χ3v) is 4.67. The lowest BCUT2D eigenvalue weighted by atomic mass is 10.1. The van der Waals surface area contributed by atoms with Crippen molar-refractivity contribution in [3.8, 4) is 0 Å². The van der Waals surface area contributed by atoms with Gasteiger partial charge in [-0.25, -0.2) is 9.59 Å². The summed E-state index contributed by atoms with van der Waals surface area (Å²) in [4.78, 5) is 23.3. The van der Waals surface area contributed by atoms with Gasteiger partial charge in [0, 0.05) is 0 Å². The van der Waals surface area contributed by atoms with Gasteiger partial charge in [0.15, 0.2) is 6.54 Å². The van der Waals surface area contributed by atoms with E-state index < -0.39 is 5.97 Å². The number of carbonyl (C=O) groups excluding carboxylic acids is 1. The van der Waals surface area contributed by atoms with Crippen molar-refractivity contribution in [3.05, 3.63) is 0 Å². The number of unbranched alkanes of at least 4 members (excludes halogenated alkanes) is 8. The average molecular weight is 314 g/mol. The molecule has 4 heteroatoms. The van der Waals surface area contributed by atoms with Crippen LogP contribution in [-0.4, -0.2) is 41.1 Å². The quantitative estimate of drug-likeness (QED) is 0.405. The minimum absolute atomic E-state index is 0.00201. The molecule has 1 N–H and O–H groups in total. The number of aliphatic carboxylic acids is 1. The maximum Gasteiger partial charge on any atom is 0.359 e. The van der Waals surface area contributed by atoms with Crippen LogP contribution in [0.25, 0.3) is 0 Å². The first kappa shape index (κ1) is 21.1. The van der Waals surface area contributed by atoms with Gasteiger partial charge < -0.3 is 5.11 Å². The molecule has 4 nitrogen and oxygen atoms in total. The molecule has 0 fully saturated rings. The van der Waals surface area contributed by atoms with Crippen molar-refractivity contribution in [2.75, 3.05) is 13.6 Å². The van der Waals surface area contributed by atoms with E-state index in [1.807, 2.05) is 13.8 Å². The standard InChI is InChI=1S/C18H35NO3/c1-5-6-7-8-9-10-11-12-13-14-17(20)19(4,16(2)3)15-18(21)22/h16H,5-15H2,1-4H3/p+1. The van der Waals surface area contributed by atoms with Crippen LogP contribution in [0.15, 0.2) is 0 Å². The van der Waals surface area contributed by atoms with E-state index in [1.165, 1.54) is 44.9 Å². The molecule has 0 aromatic heterocycles. The zero-order valence-electron chi connectivity index (χ0n) is 15.1. The number of nitrogens with zero attached hydrogens (tertiary/aromatic N) is 1. The van der Waals surface area contributed by atoms with E-state index >= 15 is 0 Å². The van der Waals surface area contributed by atoms with E-state index in [-0.39, 0.29) is 23.0 Å². The first-order chi connectivity index (χ1) is 10.3. The number of likely N-dealkylation sites (N-methyl/N-ethyl adjacent to an activating group) is 1. The monoisotopic (exact) mass is 314 g/mol. The van der Waals surface area contributed by atoms with E-state index in [0.717, 1.165) is 12.8 Å². The second kappa shape index (κ2) is 11.6. The molecule has 0 heterocycles. The van der Waals surface area contributed by atoms with Crippen molar-refractivity contribution < 1.29 is 19.2 Å². The van der Waals surface area contributed by atoms with Gasteiger partial charge >= 0.3 is 11.9 Å². The number of carboxylic acids is 1. The second-order valence-electron chi connectivity index (χ2n) is 6.89. The zero-order chi connectivity index (χ0) is 17.0. The van der Waals surface area contributed by atoms with Gasteiger partial charge in [0.25, 0.3) is 0 Å². The van der Waals surface area contributed by atoms with Gasteiger partial charge in [-0.05, 0) is 20.3 Å². The highest BCUT2D eigenvalue weighted by atomic mass is 16.4. The number of carbonyl (C=O) groups is 2. The van der Waals surface area contributed by atoms with Crippen LogP contribution >= 0.6 is 0 Å². The fourth-order valence-corrected chi connectivity index (χ4v) is 2.68. The molecule has 0 spiro atoms. The molecule has 0 rings (SSSR count). The number of carboxylic acid groups (broad SMARTS) is 1. The predicted octanol–water partition coefficient (Wildman–Crippen LogP) is 4.37. The van der Waals surface area contributed by atoms with Gasteiger partial charge in [0.05, 0.1) is 19.5 Å². The summed E-state index contributed by atoms with van der Waals surface area (Å²) >= 11 is 0. The van der Waals surface area contributed by atoms with Crippen LogP contribution in [0.4, 0.5) is 0 Å². The van der Waals surface area contributed by atoms with Crippen molar-refractivity contribution in [2.45, 2.75) is 91.0 Å². The highest BCUT2D eigenvalue weighted by molar-refractivity contribution is 5.74. The van der Waals surface area contributed by atoms with Crippen LogP contribution in [0.2, 0.25) is 0 Å². The molecule has 22 heavy (non-hydrogen) atoms. The van der Waals surface area contributed by atoms with Gasteiger partial charge in [0.2, 0.25) is 0 Å².